The molecule has 0 rings (SSSR count). The van der Waals surface area contributed by atoms with Crippen molar-refractivity contribution in [3.63, 3.8) is 0 Å². The maximum atomic E-state index is 8.88. The van der Waals surface area contributed by atoms with Crippen molar-refractivity contribution in [3.8, 4) is 0 Å². The molecule has 0 aromatic heterocycles. The van der Waals surface area contributed by atoms with Crippen molar-refractivity contribution >= 4 is 30.9 Å². The van der Waals surface area contributed by atoms with Crippen LogP contribution in [-0.4, -0.2) is 43.2 Å². The topological polar surface area (TPSA) is 109 Å². The van der Waals surface area contributed by atoms with E-state index in [1.54, 1.807) is 0 Å². The number of hydrogen-bond acceptors (Lipinski definition) is 1. The molecule has 0 heterocycles. The summed E-state index contributed by atoms with van der Waals surface area (Å²) in [7, 11) is -4.64. The second-order valence-electron chi connectivity index (χ2n) is 0.513. The van der Waals surface area contributed by atoms with Crippen LogP contribution in [0.4, 0.5) is 0 Å². The van der Waals surface area contributed by atoms with Gasteiger partial charge < -0.3 is 24.4 Å². The van der Waals surface area contributed by atoms with Gasteiger partial charge in [0.2, 0.25) is 0 Å². The Morgan fingerprint density at radius 3 is 1.25 bits per heavy atom. The molecular weight excluding hydrogens is 158 g/mol. The average molecular weight is 166 g/mol. The van der Waals surface area contributed by atoms with Gasteiger partial charge in [-0.3, -0.25) is 0 Å². The van der Waals surface area contributed by atoms with Gasteiger partial charge >= 0.3 is 60.4 Å². The minimum Gasteiger partial charge on any atom is -1.00 e. The molecular formula is H8MgNaO5P. The molecule has 0 aromatic rings. The standard InChI is InChI=1S/Mg.Na.H3O4P.H2O.3H/c;;1-5(2,3)4;;;;/h;;(H3,1,2,3,4);1H2;;;/q+2;+1;;;3*-1. The zero-order valence-electron chi connectivity index (χ0n) is 7.40. The van der Waals surface area contributed by atoms with E-state index in [9.17, 15) is 0 Å². The van der Waals surface area contributed by atoms with Gasteiger partial charge in [0.05, 0.1) is 0 Å². The molecule has 0 aliphatic heterocycles. The fraction of sp³-hybridized carbons (Fsp3) is 0. The normalized spacial score (nSPS) is 7.38. The van der Waals surface area contributed by atoms with Crippen LogP contribution in [0, 0.1) is 0 Å². The largest absolute Gasteiger partial charge is 2.00 e. The van der Waals surface area contributed by atoms with E-state index in [4.69, 9.17) is 19.2 Å². The van der Waals surface area contributed by atoms with Crippen LogP contribution in [0.1, 0.15) is 4.28 Å². The molecule has 0 aromatic carbocycles. The first-order valence-corrected chi connectivity index (χ1v) is 2.35. The summed E-state index contributed by atoms with van der Waals surface area (Å²) in [6.07, 6.45) is 0. The zero-order valence-corrected chi connectivity index (χ0v) is 8.71. The van der Waals surface area contributed by atoms with E-state index in [1.165, 1.54) is 0 Å². The van der Waals surface area contributed by atoms with Gasteiger partial charge in [0.25, 0.3) is 0 Å². The summed E-state index contributed by atoms with van der Waals surface area (Å²) in [6, 6.07) is 0. The van der Waals surface area contributed by atoms with Crippen molar-refractivity contribution in [2.75, 3.05) is 0 Å². The smallest absolute Gasteiger partial charge is 1.00 e. The summed E-state index contributed by atoms with van der Waals surface area (Å²) in [4.78, 5) is 21.6. The van der Waals surface area contributed by atoms with Crippen molar-refractivity contribution in [1.29, 1.82) is 0 Å². The molecule has 0 spiro atoms. The first-order chi connectivity index (χ1) is 2.00. The Bertz CT molecular complexity index is 67.9. The van der Waals surface area contributed by atoms with Crippen molar-refractivity contribution < 1.29 is 58.6 Å². The molecule has 0 bridgehead atoms. The van der Waals surface area contributed by atoms with Gasteiger partial charge in [-0.2, -0.15) is 0 Å². The molecule has 0 radical (unpaired) electrons. The van der Waals surface area contributed by atoms with Gasteiger partial charge in [0.1, 0.15) is 0 Å². The summed E-state index contributed by atoms with van der Waals surface area (Å²) in [5, 5.41) is 0. The minimum absolute atomic E-state index is 0. The number of hydrogen-bond donors (Lipinski definition) is 3. The summed E-state index contributed by atoms with van der Waals surface area (Å²) in [5.74, 6) is 0. The van der Waals surface area contributed by atoms with E-state index < -0.39 is 7.82 Å². The van der Waals surface area contributed by atoms with Gasteiger partial charge in [-0.25, -0.2) is 4.57 Å². The maximum Gasteiger partial charge on any atom is 2.00 e. The van der Waals surface area contributed by atoms with Gasteiger partial charge in [-0.05, 0) is 0 Å². The molecule has 0 saturated carbocycles. The van der Waals surface area contributed by atoms with Gasteiger partial charge in [0.15, 0.2) is 0 Å². The second-order valence-corrected chi connectivity index (χ2v) is 1.54. The van der Waals surface area contributed by atoms with Crippen LogP contribution in [0.5, 0.6) is 0 Å². The van der Waals surface area contributed by atoms with Crippen LogP contribution in [0.2, 0.25) is 0 Å². The fourth-order valence-corrected chi connectivity index (χ4v) is 0. The third kappa shape index (κ3) is 109. The van der Waals surface area contributed by atoms with Crippen molar-refractivity contribution in [2.45, 2.75) is 0 Å². The Morgan fingerprint density at radius 1 is 1.25 bits per heavy atom. The van der Waals surface area contributed by atoms with E-state index in [2.05, 4.69) is 0 Å². The van der Waals surface area contributed by atoms with Crippen LogP contribution in [0.25, 0.3) is 0 Å². The average Bonchev–Trinajstić information content (AvgIpc) is 0.722. The summed E-state index contributed by atoms with van der Waals surface area (Å²) < 4.78 is 8.88. The predicted octanol–water partition coefficient (Wildman–Crippen LogP) is -4.79. The SMILES string of the molecule is O.O=P(O)(O)O.[H-].[H-].[H-].[Mg+2].[Na+]. The molecule has 0 aliphatic carbocycles. The fourth-order valence-electron chi connectivity index (χ4n) is 0. The quantitative estimate of drug-likeness (QED) is 0.248. The first kappa shape index (κ1) is 22.5. The molecule has 0 saturated heterocycles. The Balaban J connectivity index is -0.00000000533. The predicted molar refractivity (Wildman–Crippen MR) is 27.0 cm³/mol. The maximum absolute atomic E-state index is 8.88. The third-order valence-electron chi connectivity index (χ3n) is 0. The molecule has 8 heteroatoms. The van der Waals surface area contributed by atoms with E-state index in [1.807, 2.05) is 0 Å². The number of phosphoric acid groups is 1. The van der Waals surface area contributed by atoms with E-state index in [-0.39, 0.29) is 62.4 Å². The van der Waals surface area contributed by atoms with E-state index >= 15 is 0 Å². The van der Waals surface area contributed by atoms with E-state index in [0.717, 1.165) is 0 Å². The Hall–Kier alpha value is 1.84. The molecule has 0 aliphatic rings. The molecule has 46 valence electrons. The molecule has 0 unspecified atom stereocenters. The first-order valence-electron chi connectivity index (χ1n) is 0.783. The summed E-state index contributed by atoms with van der Waals surface area (Å²) in [6.45, 7) is 0. The van der Waals surface area contributed by atoms with Crippen LogP contribution in [-0.2, 0) is 4.57 Å². The van der Waals surface area contributed by atoms with Gasteiger partial charge in [0, 0.05) is 0 Å². The monoisotopic (exact) mass is 166 g/mol. The van der Waals surface area contributed by atoms with Crippen molar-refractivity contribution in [3.05, 3.63) is 0 Å². The van der Waals surface area contributed by atoms with Crippen LogP contribution in [0.3, 0.4) is 0 Å². The second kappa shape index (κ2) is 8.84. The van der Waals surface area contributed by atoms with Crippen LogP contribution in [0.15, 0.2) is 0 Å². The third-order valence-corrected chi connectivity index (χ3v) is 0. The zero-order chi connectivity index (χ0) is 4.50. The molecule has 0 amide bonds. The Labute approximate surface area is 88.9 Å². The van der Waals surface area contributed by atoms with Gasteiger partial charge in [-0.1, -0.05) is 0 Å². The van der Waals surface area contributed by atoms with E-state index in [0.29, 0.717) is 0 Å². The molecule has 0 fully saturated rings. The minimum atomic E-state index is -4.64. The number of rotatable bonds is 0. The molecule has 0 atom stereocenters. The Kier molecular flexibility index (Phi) is 24.9. The Morgan fingerprint density at radius 2 is 1.25 bits per heavy atom. The van der Waals surface area contributed by atoms with Crippen molar-refractivity contribution in [2.24, 2.45) is 0 Å². The van der Waals surface area contributed by atoms with Gasteiger partial charge in [-0.15, -0.1) is 0 Å². The molecule has 5 N–H and O–H groups in total. The molecule has 8 heavy (non-hydrogen) atoms. The van der Waals surface area contributed by atoms with Crippen molar-refractivity contribution in [1.82, 2.24) is 0 Å². The van der Waals surface area contributed by atoms with Crippen LogP contribution >= 0.6 is 7.82 Å². The summed E-state index contributed by atoms with van der Waals surface area (Å²) in [5.41, 5.74) is 0. The van der Waals surface area contributed by atoms with Crippen LogP contribution < -0.4 is 29.6 Å². The molecule has 5 nitrogen and oxygen atoms in total. The summed E-state index contributed by atoms with van der Waals surface area (Å²) >= 11 is 0.